The summed E-state index contributed by atoms with van der Waals surface area (Å²) in [6, 6.07) is 23.3. The van der Waals surface area contributed by atoms with E-state index in [1.54, 1.807) is 35.6 Å². The number of benzene rings is 3. The van der Waals surface area contributed by atoms with E-state index < -0.39 is 18.0 Å². The highest BCUT2D eigenvalue weighted by Gasteiger charge is 2.21. The number of hydrogen-bond donors (Lipinski definition) is 2. The van der Waals surface area contributed by atoms with E-state index in [4.69, 9.17) is 20.3 Å². The summed E-state index contributed by atoms with van der Waals surface area (Å²) in [7, 11) is 0. The Labute approximate surface area is 217 Å². The zero-order chi connectivity index (χ0) is 25.9. The van der Waals surface area contributed by atoms with Crippen molar-refractivity contribution in [3.8, 4) is 20.9 Å². The molecule has 2 heterocycles. The zero-order valence-corrected chi connectivity index (χ0v) is 20.5. The Balaban J connectivity index is 1.21. The van der Waals surface area contributed by atoms with Crippen LogP contribution in [0.15, 0.2) is 78.9 Å². The van der Waals surface area contributed by atoms with E-state index in [1.165, 1.54) is 0 Å². The fourth-order valence-electron chi connectivity index (χ4n) is 4.10. The van der Waals surface area contributed by atoms with Crippen LogP contribution in [0.4, 0.5) is 0 Å². The summed E-state index contributed by atoms with van der Waals surface area (Å²) in [5.41, 5.74) is 11.1. The molecule has 1 aromatic heterocycles. The summed E-state index contributed by atoms with van der Waals surface area (Å²) in [6.45, 7) is 0.431. The van der Waals surface area contributed by atoms with E-state index in [-0.39, 0.29) is 19.0 Å². The highest BCUT2D eigenvalue weighted by atomic mass is 32.1. The van der Waals surface area contributed by atoms with Gasteiger partial charge in [-0.15, -0.1) is 11.3 Å². The monoisotopic (exact) mass is 513 g/mol. The van der Waals surface area contributed by atoms with Crippen LogP contribution in [0.5, 0.6) is 0 Å². The quantitative estimate of drug-likeness (QED) is 0.316. The second kappa shape index (κ2) is 10.4. The summed E-state index contributed by atoms with van der Waals surface area (Å²) in [6.07, 6.45) is 0.128. The number of cyclic esters (lactones) is 1. The maximum absolute atomic E-state index is 12.5. The van der Waals surface area contributed by atoms with Crippen LogP contribution in [-0.2, 0) is 33.9 Å². The molecule has 3 aromatic carbocycles. The first-order valence-electron chi connectivity index (χ1n) is 11.6. The Kier molecular flexibility index (Phi) is 6.85. The minimum Gasteiger partial charge on any atom is -0.480 e. The van der Waals surface area contributed by atoms with E-state index in [0.717, 1.165) is 32.0 Å². The average Bonchev–Trinajstić information content (AvgIpc) is 3.55. The van der Waals surface area contributed by atoms with Crippen molar-refractivity contribution in [2.45, 2.75) is 25.7 Å². The number of thiophene rings is 1. The molecule has 3 N–H and O–H groups in total. The largest absolute Gasteiger partial charge is 0.480 e. The molecule has 1 atom stereocenters. The Bertz CT molecular complexity index is 1490. The van der Waals surface area contributed by atoms with Gasteiger partial charge in [0.15, 0.2) is 0 Å². The Morgan fingerprint density at radius 2 is 1.68 bits per heavy atom. The SMILES string of the molecule is N[C@@H](Cc1cccc(C(=O)OCc2ccc(-c3ccc(-c4ccc5c(c4)COC5=O)s3)cc2)c1)C(=O)O. The molecule has 1 aliphatic rings. The maximum Gasteiger partial charge on any atom is 0.338 e. The normalized spacial score (nSPS) is 13.1. The molecule has 7 nitrogen and oxygen atoms in total. The topological polar surface area (TPSA) is 116 Å². The van der Waals surface area contributed by atoms with Crippen molar-refractivity contribution in [3.63, 3.8) is 0 Å². The van der Waals surface area contributed by atoms with Crippen molar-refractivity contribution in [2.75, 3.05) is 0 Å². The molecule has 0 saturated carbocycles. The number of fused-ring (bicyclic) bond motifs is 1. The van der Waals surface area contributed by atoms with Gasteiger partial charge in [0.1, 0.15) is 19.3 Å². The van der Waals surface area contributed by atoms with Crippen LogP contribution in [0.25, 0.3) is 20.9 Å². The fraction of sp³-hybridized carbons (Fsp3) is 0.138. The lowest BCUT2D eigenvalue weighted by Crippen LogP contribution is -2.32. The molecule has 0 radical (unpaired) electrons. The van der Waals surface area contributed by atoms with Gasteiger partial charge in [-0.1, -0.05) is 42.5 Å². The number of rotatable bonds is 8. The maximum atomic E-state index is 12.5. The number of carbonyl (C=O) groups is 3. The van der Waals surface area contributed by atoms with E-state index >= 15 is 0 Å². The summed E-state index contributed by atoms with van der Waals surface area (Å²) < 4.78 is 10.6. The van der Waals surface area contributed by atoms with Crippen LogP contribution < -0.4 is 5.73 Å². The molecular formula is C29H23NO6S. The van der Waals surface area contributed by atoms with Gasteiger partial charge >= 0.3 is 17.9 Å². The standard InChI is InChI=1S/C29H23NO6S/c30-24(27(31)32)13-18-2-1-3-21(12-18)28(33)35-15-17-4-6-19(7-5-17)25-10-11-26(37-25)20-8-9-23-22(14-20)16-36-29(23)34/h1-12,14,24H,13,15-16,30H2,(H,31,32)/t24-/m0/s1. The van der Waals surface area contributed by atoms with Gasteiger partial charge in [-0.3, -0.25) is 4.79 Å². The molecule has 186 valence electrons. The van der Waals surface area contributed by atoms with E-state index in [1.807, 2.05) is 42.5 Å². The van der Waals surface area contributed by atoms with E-state index in [0.29, 0.717) is 23.3 Å². The van der Waals surface area contributed by atoms with Gasteiger partial charge in [0.2, 0.25) is 0 Å². The number of hydrogen-bond acceptors (Lipinski definition) is 7. The van der Waals surface area contributed by atoms with Crippen LogP contribution in [-0.4, -0.2) is 29.1 Å². The second-order valence-corrected chi connectivity index (χ2v) is 9.82. The predicted octanol–water partition coefficient (Wildman–Crippen LogP) is 5.06. The van der Waals surface area contributed by atoms with Gasteiger partial charge < -0.3 is 20.3 Å². The van der Waals surface area contributed by atoms with Crippen LogP contribution in [0.1, 0.15) is 37.4 Å². The molecule has 4 aromatic rings. The second-order valence-electron chi connectivity index (χ2n) is 8.73. The smallest absolute Gasteiger partial charge is 0.338 e. The first-order chi connectivity index (χ1) is 17.9. The highest BCUT2D eigenvalue weighted by Crippen LogP contribution is 2.36. The van der Waals surface area contributed by atoms with Gasteiger partial charge in [-0.05, 0) is 65.1 Å². The number of ether oxygens (including phenoxy) is 2. The first kappa shape index (κ1) is 24.4. The molecule has 0 amide bonds. The van der Waals surface area contributed by atoms with Gasteiger partial charge in [0, 0.05) is 15.3 Å². The highest BCUT2D eigenvalue weighted by molar-refractivity contribution is 7.18. The summed E-state index contributed by atoms with van der Waals surface area (Å²) >= 11 is 1.66. The summed E-state index contributed by atoms with van der Waals surface area (Å²) in [4.78, 5) is 37.4. The third-order valence-corrected chi connectivity index (χ3v) is 7.30. The minimum atomic E-state index is -1.09. The molecule has 0 spiro atoms. The summed E-state index contributed by atoms with van der Waals surface area (Å²) in [5.74, 6) is -1.85. The molecule has 0 fully saturated rings. The van der Waals surface area contributed by atoms with Gasteiger partial charge in [-0.2, -0.15) is 0 Å². The van der Waals surface area contributed by atoms with Gasteiger partial charge in [-0.25, -0.2) is 9.59 Å². The molecule has 0 unspecified atom stereocenters. The fourth-order valence-corrected chi connectivity index (χ4v) is 5.11. The lowest BCUT2D eigenvalue weighted by molar-refractivity contribution is -0.138. The average molecular weight is 514 g/mol. The van der Waals surface area contributed by atoms with Crippen LogP contribution in [0, 0.1) is 0 Å². The first-order valence-corrected chi connectivity index (χ1v) is 12.4. The molecule has 37 heavy (non-hydrogen) atoms. The van der Waals surface area contributed by atoms with Crippen molar-refractivity contribution < 1.29 is 29.0 Å². The third-order valence-electron chi connectivity index (χ3n) is 6.12. The summed E-state index contributed by atoms with van der Waals surface area (Å²) in [5, 5.41) is 8.99. The zero-order valence-electron chi connectivity index (χ0n) is 19.7. The molecule has 0 saturated heterocycles. The number of esters is 2. The lowest BCUT2D eigenvalue weighted by Gasteiger charge is -2.09. The molecule has 0 bridgehead atoms. The van der Waals surface area contributed by atoms with Crippen molar-refractivity contribution in [1.29, 1.82) is 0 Å². The van der Waals surface area contributed by atoms with Crippen LogP contribution in [0.3, 0.4) is 0 Å². The Morgan fingerprint density at radius 1 is 0.946 bits per heavy atom. The van der Waals surface area contributed by atoms with Crippen LogP contribution >= 0.6 is 11.3 Å². The van der Waals surface area contributed by atoms with Crippen LogP contribution in [0.2, 0.25) is 0 Å². The Morgan fingerprint density at radius 3 is 2.43 bits per heavy atom. The Hall–Kier alpha value is -4.27. The molecule has 0 aliphatic carbocycles. The minimum absolute atomic E-state index is 0.115. The molecule has 5 rings (SSSR count). The number of nitrogens with two attached hydrogens (primary N) is 1. The molecular weight excluding hydrogens is 490 g/mol. The third kappa shape index (κ3) is 5.45. The van der Waals surface area contributed by atoms with E-state index in [9.17, 15) is 14.4 Å². The van der Waals surface area contributed by atoms with Crippen molar-refractivity contribution in [2.24, 2.45) is 5.73 Å². The van der Waals surface area contributed by atoms with Crippen molar-refractivity contribution in [3.05, 3.63) is 107 Å². The van der Waals surface area contributed by atoms with Crippen molar-refractivity contribution >= 4 is 29.2 Å². The number of carboxylic acids is 1. The van der Waals surface area contributed by atoms with Crippen molar-refractivity contribution in [1.82, 2.24) is 0 Å². The molecule has 8 heteroatoms. The molecule has 1 aliphatic heterocycles. The number of carboxylic acid groups (broad SMARTS) is 1. The van der Waals surface area contributed by atoms with Gasteiger partial charge in [0.05, 0.1) is 11.1 Å². The predicted molar refractivity (Wildman–Crippen MR) is 139 cm³/mol. The van der Waals surface area contributed by atoms with E-state index in [2.05, 4.69) is 12.1 Å². The van der Waals surface area contributed by atoms with Gasteiger partial charge in [0.25, 0.3) is 0 Å². The lowest BCUT2D eigenvalue weighted by atomic mass is 10.0. The number of carbonyl (C=O) groups excluding carboxylic acids is 2. The number of aliphatic carboxylic acids is 1.